The maximum atomic E-state index is 11.7. The highest BCUT2D eigenvalue weighted by atomic mass is 16.7. The minimum atomic E-state index is -1.22. The summed E-state index contributed by atoms with van der Waals surface area (Å²) >= 11 is 0. The summed E-state index contributed by atoms with van der Waals surface area (Å²) in [5.74, 6) is -1.20. The smallest absolute Gasteiger partial charge is 0.408 e. The second-order valence-corrected chi connectivity index (χ2v) is 5.59. The molecule has 1 amide bonds. The van der Waals surface area contributed by atoms with E-state index in [0.29, 0.717) is 19.6 Å². The summed E-state index contributed by atoms with van der Waals surface area (Å²) < 4.78 is 20.4. The molecule has 8 heteroatoms. The standard InChI is InChI=1S/C14H27NO7/c1-6-10(21-9-20-8-7-19-5)11(12(16)17)15-13(18)22-14(2,3)4/h10-11H,6-9H2,1-5H3,(H,15,18)(H,16,17)/t10-,11-/m1/s1. The van der Waals surface area contributed by atoms with Crippen molar-refractivity contribution in [2.24, 2.45) is 0 Å². The van der Waals surface area contributed by atoms with E-state index in [-0.39, 0.29) is 6.79 Å². The number of carboxylic acid groups (broad SMARTS) is 1. The number of ether oxygens (including phenoxy) is 4. The molecule has 8 nitrogen and oxygen atoms in total. The second kappa shape index (κ2) is 10.4. The van der Waals surface area contributed by atoms with Crippen LogP contribution in [0.4, 0.5) is 4.79 Å². The lowest BCUT2D eigenvalue weighted by atomic mass is 10.1. The number of carboxylic acids is 1. The van der Waals surface area contributed by atoms with E-state index in [1.54, 1.807) is 34.8 Å². The van der Waals surface area contributed by atoms with Crippen LogP contribution in [0.5, 0.6) is 0 Å². The van der Waals surface area contributed by atoms with Crippen molar-refractivity contribution in [3.63, 3.8) is 0 Å². The maximum absolute atomic E-state index is 11.7. The molecule has 0 aliphatic rings. The van der Waals surface area contributed by atoms with Crippen molar-refractivity contribution in [3.8, 4) is 0 Å². The van der Waals surface area contributed by atoms with E-state index < -0.39 is 29.8 Å². The number of carbonyl (C=O) groups is 2. The summed E-state index contributed by atoms with van der Waals surface area (Å²) in [6.07, 6.45) is -1.14. The Bertz CT molecular complexity index is 341. The van der Waals surface area contributed by atoms with Crippen LogP contribution in [0, 0.1) is 0 Å². The Hall–Kier alpha value is -1.38. The highest BCUT2D eigenvalue weighted by Crippen LogP contribution is 2.10. The van der Waals surface area contributed by atoms with Crippen LogP contribution in [0.15, 0.2) is 0 Å². The van der Waals surface area contributed by atoms with E-state index in [2.05, 4.69) is 5.32 Å². The first-order chi connectivity index (χ1) is 10.2. The SMILES string of the molecule is CC[C@@H](OCOCCOC)[C@@H](NC(=O)OC(C)(C)C)C(=O)O. The van der Waals surface area contributed by atoms with E-state index in [0.717, 1.165) is 0 Å². The van der Waals surface area contributed by atoms with Gasteiger partial charge in [-0.25, -0.2) is 9.59 Å². The fourth-order valence-corrected chi connectivity index (χ4v) is 1.53. The Morgan fingerprint density at radius 2 is 1.86 bits per heavy atom. The van der Waals surface area contributed by atoms with Gasteiger partial charge in [0.05, 0.1) is 19.3 Å². The van der Waals surface area contributed by atoms with Gasteiger partial charge in [-0.3, -0.25) is 0 Å². The molecule has 22 heavy (non-hydrogen) atoms. The third-order valence-corrected chi connectivity index (χ3v) is 2.51. The second-order valence-electron chi connectivity index (χ2n) is 5.59. The number of hydrogen-bond acceptors (Lipinski definition) is 6. The minimum absolute atomic E-state index is 0.0817. The lowest BCUT2D eigenvalue weighted by molar-refractivity contribution is -0.150. The van der Waals surface area contributed by atoms with Crippen LogP contribution in [-0.4, -0.2) is 62.0 Å². The summed E-state index contributed by atoms with van der Waals surface area (Å²) in [7, 11) is 1.55. The maximum Gasteiger partial charge on any atom is 0.408 e. The average Bonchev–Trinajstić information content (AvgIpc) is 2.38. The van der Waals surface area contributed by atoms with E-state index in [4.69, 9.17) is 18.9 Å². The first kappa shape index (κ1) is 20.6. The topological polar surface area (TPSA) is 103 Å². The number of hydrogen-bond donors (Lipinski definition) is 2. The average molecular weight is 321 g/mol. The van der Waals surface area contributed by atoms with Crippen molar-refractivity contribution < 1.29 is 33.6 Å². The fraction of sp³-hybridized carbons (Fsp3) is 0.857. The molecule has 0 fully saturated rings. The predicted molar refractivity (Wildman–Crippen MR) is 78.7 cm³/mol. The molecule has 0 aliphatic heterocycles. The summed E-state index contributed by atoms with van der Waals surface area (Å²) in [4.78, 5) is 23.0. The molecule has 0 aromatic rings. The molecule has 2 N–H and O–H groups in total. The van der Waals surface area contributed by atoms with Gasteiger partial charge < -0.3 is 29.4 Å². The number of methoxy groups -OCH3 is 1. The molecule has 0 aliphatic carbocycles. The lowest BCUT2D eigenvalue weighted by Crippen LogP contribution is -2.51. The summed E-state index contributed by atoms with van der Waals surface area (Å²) in [6.45, 7) is 7.51. The molecule has 0 heterocycles. The van der Waals surface area contributed by atoms with Crippen LogP contribution >= 0.6 is 0 Å². The number of amides is 1. The van der Waals surface area contributed by atoms with E-state index in [9.17, 15) is 14.7 Å². The van der Waals surface area contributed by atoms with Gasteiger partial charge in [0.1, 0.15) is 12.4 Å². The van der Waals surface area contributed by atoms with Crippen LogP contribution in [0.25, 0.3) is 0 Å². The zero-order valence-corrected chi connectivity index (χ0v) is 13.9. The van der Waals surface area contributed by atoms with Crippen LogP contribution in [0.1, 0.15) is 34.1 Å². The summed E-state index contributed by atoms with van der Waals surface area (Å²) in [5.41, 5.74) is -0.709. The zero-order valence-electron chi connectivity index (χ0n) is 13.9. The molecule has 0 unspecified atom stereocenters. The van der Waals surface area contributed by atoms with Crippen LogP contribution in [0.2, 0.25) is 0 Å². The Morgan fingerprint density at radius 3 is 2.32 bits per heavy atom. The monoisotopic (exact) mass is 321 g/mol. The molecule has 0 spiro atoms. The van der Waals surface area contributed by atoms with Crippen LogP contribution < -0.4 is 5.32 Å². The van der Waals surface area contributed by atoms with Crippen LogP contribution in [0.3, 0.4) is 0 Å². The molecular formula is C14H27NO7. The number of nitrogens with one attached hydrogen (secondary N) is 1. The molecule has 2 atom stereocenters. The van der Waals surface area contributed by atoms with Gasteiger partial charge in [-0.2, -0.15) is 0 Å². The van der Waals surface area contributed by atoms with Gasteiger partial charge in [0.2, 0.25) is 0 Å². The van der Waals surface area contributed by atoms with Gasteiger partial charge in [-0.15, -0.1) is 0 Å². The molecular weight excluding hydrogens is 294 g/mol. The van der Waals surface area contributed by atoms with Crippen molar-refractivity contribution in [2.75, 3.05) is 27.1 Å². The van der Waals surface area contributed by atoms with Gasteiger partial charge >= 0.3 is 12.1 Å². The van der Waals surface area contributed by atoms with Gasteiger partial charge in [-0.05, 0) is 27.2 Å². The first-order valence-electron chi connectivity index (χ1n) is 7.11. The number of rotatable bonds is 10. The Morgan fingerprint density at radius 1 is 1.23 bits per heavy atom. The molecule has 0 rings (SSSR count). The van der Waals surface area contributed by atoms with Gasteiger partial charge in [-0.1, -0.05) is 6.92 Å². The Balaban J connectivity index is 4.48. The molecule has 130 valence electrons. The van der Waals surface area contributed by atoms with Gasteiger partial charge in [0.15, 0.2) is 6.04 Å². The third kappa shape index (κ3) is 9.54. The largest absolute Gasteiger partial charge is 0.480 e. The summed E-state index contributed by atoms with van der Waals surface area (Å²) in [6, 6.07) is -1.22. The van der Waals surface area contributed by atoms with Gasteiger partial charge in [0, 0.05) is 7.11 Å². The number of aliphatic carboxylic acids is 1. The lowest BCUT2D eigenvalue weighted by Gasteiger charge is -2.26. The predicted octanol–water partition coefficient (Wildman–Crippen LogP) is 1.38. The van der Waals surface area contributed by atoms with E-state index >= 15 is 0 Å². The molecule has 0 aromatic carbocycles. The fourth-order valence-electron chi connectivity index (χ4n) is 1.53. The molecule has 0 aromatic heterocycles. The molecule has 0 bridgehead atoms. The number of alkyl carbamates (subject to hydrolysis) is 1. The number of carbonyl (C=O) groups excluding carboxylic acids is 1. The highest BCUT2D eigenvalue weighted by Gasteiger charge is 2.31. The van der Waals surface area contributed by atoms with Crippen molar-refractivity contribution in [1.82, 2.24) is 5.32 Å². The van der Waals surface area contributed by atoms with Crippen molar-refractivity contribution in [1.29, 1.82) is 0 Å². The Labute approximate surface area is 131 Å². The molecule has 0 saturated carbocycles. The van der Waals surface area contributed by atoms with Crippen molar-refractivity contribution in [2.45, 2.75) is 51.9 Å². The summed E-state index contributed by atoms with van der Waals surface area (Å²) in [5, 5.41) is 11.6. The molecule has 0 radical (unpaired) electrons. The van der Waals surface area contributed by atoms with Crippen LogP contribution in [-0.2, 0) is 23.7 Å². The zero-order chi connectivity index (χ0) is 17.2. The highest BCUT2D eigenvalue weighted by molar-refractivity contribution is 5.80. The van der Waals surface area contributed by atoms with Gasteiger partial charge in [0.25, 0.3) is 0 Å². The molecule has 0 saturated heterocycles. The first-order valence-corrected chi connectivity index (χ1v) is 7.11. The van der Waals surface area contributed by atoms with E-state index in [1.165, 1.54) is 0 Å². The quantitative estimate of drug-likeness (QED) is 0.463. The van der Waals surface area contributed by atoms with Crippen molar-refractivity contribution in [3.05, 3.63) is 0 Å². The van der Waals surface area contributed by atoms with Crippen molar-refractivity contribution >= 4 is 12.1 Å². The normalized spacial score (nSPS) is 14.2. The third-order valence-electron chi connectivity index (χ3n) is 2.51. The Kier molecular flexibility index (Phi) is 9.71. The minimum Gasteiger partial charge on any atom is -0.480 e. The van der Waals surface area contributed by atoms with E-state index in [1.807, 2.05) is 0 Å².